The van der Waals surface area contributed by atoms with Crippen molar-refractivity contribution in [3.05, 3.63) is 0 Å². The molecule has 0 aromatic heterocycles. The number of hydroxylamine groups is 2. The third-order valence-corrected chi connectivity index (χ3v) is 2.97. The van der Waals surface area contributed by atoms with E-state index < -0.39 is 0 Å². The summed E-state index contributed by atoms with van der Waals surface area (Å²) in [5.41, 5.74) is 0. The van der Waals surface area contributed by atoms with E-state index in [9.17, 15) is 0 Å². The fourth-order valence-electron chi connectivity index (χ4n) is 2.15. The third-order valence-electron chi connectivity index (χ3n) is 2.97. The fourth-order valence-corrected chi connectivity index (χ4v) is 2.15. The van der Waals surface area contributed by atoms with E-state index in [1.54, 1.807) is 0 Å². The zero-order valence-corrected chi connectivity index (χ0v) is 8.30. The summed E-state index contributed by atoms with van der Waals surface area (Å²) in [6, 6.07) is 0.748. The van der Waals surface area contributed by atoms with Crippen LogP contribution in [0.3, 0.4) is 0 Å². The number of piperidine rings is 1. The Kier molecular flexibility index (Phi) is 3.58. The van der Waals surface area contributed by atoms with Gasteiger partial charge in [-0.3, -0.25) is 4.84 Å². The van der Waals surface area contributed by atoms with Crippen molar-refractivity contribution in [2.24, 2.45) is 0 Å². The number of hydrogen-bond acceptors (Lipinski definition) is 3. The van der Waals surface area contributed by atoms with Gasteiger partial charge >= 0.3 is 0 Å². The second-order valence-corrected chi connectivity index (χ2v) is 4.05. The maximum atomic E-state index is 5.45. The van der Waals surface area contributed by atoms with Crippen molar-refractivity contribution >= 4 is 0 Å². The van der Waals surface area contributed by atoms with Crippen molar-refractivity contribution in [2.75, 3.05) is 26.2 Å². The van der Waals surface area contributed by atoms with Crippen LogP contribution in [-0.4, -0.2) is 37.3 Å². The molecule has 1 unspecified atom stereocenters. The Morgan fingerprint density at radius 3 is 3.00 bits per heavy atom. The highest BCUT2D eigenvalue weighted by Gasteiger charge is 2.16. The molecule has 1 atom stereocenters. The second-order valence-electron chi connectivity index (χ2n) is 4.05. The molecule has 3 heteroatoms. The predicted octanol–water partition coefficient (Wildman–Crippen LogP) is 1.16. The predicted molar refractivity (Wildman–Crippen MR) is 52.4 cm³/mol. The number of nitrogens with zero attached hydrogens (tertiary/aromatic N) is 1. The summed E-state index contributed by atoms with van der Waals surface area (Å²) in [5, 5.41) is 5.68. The molecule has 2 fully saturated rings. The van der Waals surface area contributed by atoms with Gasteiger partial charge in [-0.1, -0.05) is 6.42 Å². The van der Waals surface area contributed by atoms with Crippen LogP contribution < -0.4 is 5.32 Å². The number of nitrogens with one attached hydrogen (secondary N) is 1. The minimum Gasteiger partial charge on any atom is -0.314 e. The molecule has 13 heavy (non-hydrogen) atoms. The molecule has 2 saturated heterocycles. The number of rotatable bonds is 3. The van der Waals surface area contributed by atoms with Gasteiger partial charge in [0.15, 0.2) is 0 Å². The molecule has 0 aromatic carbocycles. The monoisotopic (exact) mass is 184 g/mol. The third kappa shape index (κ3) is 2.93. The molecule has 0 amide bonds. The molecule has 2 aliphatic heterocycles. The quantitative estimate of drug-likeness (QED) is 0.712. The molecule has 76 valence electrons. The normalized spacial score (nSPS) is 30.9. The minimum absolute atomic E-state index is 0.748. The first-order valence-corrected chi connectivity index (χ1v) is 5.56. The van der Waals surface area contributed by atoms with Crippen LogP contribution in [0.15, 0.2) is 0 Å². The zero-order chi connectivity index (χ0) is 8.93. The second kappa shape index (κ2) is 4.94. The molecule has 2 aliphatic rings. The Balaban J connectivity index is 1.60. The van der Waals surface area contributed by atoms with Gasteiger partial charge in [-0.25, -0.2) is 0 Å². The SMILES string of the molecule is C1CCC(CCN2CCCO2)NC1. The maximum Gasteiger partial charge on any atom is 0.0698 e. The van der Waals surface area contributed by atoms with E-state index in [4.69, 9.17) is 4.84 Å². The van der Waals surface area contributed by atoms with Gasteiger partial charge < -0.3 is 5.32 Å². The average molecular weight is 184 g/mol. The van der Waals surface area contributed by atoms with E-state index in [2.05, 4.69) is 10.4 Å². The standard InChI is InChI=1S/C10H20N2O/c1-2-6-11-10(4-1)5-8-12-7-3-9-13-12/h10-11H,1-9H2. The van der Waals surface area contributed by atoms with Crippen LogP contribution in [0.4, 0.5) is 0 Å². The van der Waals surface area contributed by atoms with Crippen molar-refractivity contribution in [2.45, 2.75) is 38.1 Å². The van der Waals surface area contributed by atoms with Crippen molar-refractivity contribution < 1.29 is 4.84 Å². The van der Waals surface area contributed by atoms with E-state index in [-0.39, 0.29) is 0 Å². The largest absolute Gasteiger partial charge is 0.314 e. The molecular formula is C10H20N2O. The molecule has 3 nitrogen and oxygen atoms in total. The summed E-state index contributed by atoms with van der Waals surface area (Å²) in [6.07, 6.45) is 6.57. The van der Waals surface area contributed by atoms with Crippen LogP contribution >= 0.6 is 0 Å². The molecule has 2 heterocycles. The summed E-state index contributed by atoms with van der Waals surface area (Å²) >= 11 is 0. The lowest BCUT2D eigenvalue weighted by molar-refractivity contribution is -0.111. The highest BCUT2D eigenvalue weighted by atomic mass is 16.7. The van der Waals surface area contributed by atoms with E-state index in [1.165, 1.54) is 38.6 Å². The summed E-state index contributed by atoms with van der Waals surface area (Å²) in [6.45, 7) is 4.38. The zero-order valence-electron chi connectivity index (χ0n) is 8.30. The summed E-state index contributed by atoms with van der Waals surface area (Å²) in [4.78, 5) is 5.45. The van der Waals surface area contributed by atoms with E-state index in [1.807, 2.05) is 0 Å². The number of hydrogen-bond donors (Lipinski definition) is 1. The van der Waals surface area contributed by atoms with Crippen molar-refractivity contribution in [3.63, 3.8) is 0 Å². The van der Waals surface area contributed by atoms with Crippen LogP contribution in [0.1, 0.15) is 32.1 Å². The Morgan fingerprint density at radius 2 is 2.31 bits per heavy atom. The van der Waals surface area contributed by atoms with Crippen molar-refractivity contribution in [1.29, 1.82) is 0 Å². The van der Waals surface area contributed by atoms with E-state index in [0.29, 0.717) is 0 Å². The van der Waals surface area contributed by atoms with Gasteiger partial charge in [-0.05, 0) is 32.2 Å². The molecule has 0 spiro atoms. The Morgan fingerprint density at radius 1 is 1.31 bits per heavy atom. The van der Waals surface area contributed by atoms with Gasteiger partial charge in [0.25, 0.3) is 0 Å². The van der Waals surface area contributed by atoms with Crippen molar-refractivity contribution in [3.8, 4) is 0 Å². The summed E-state index contributed by atoms with van der Waals surface area (Å²) < 4.78 is 0. The Bertz CT molecular complexity index is 140. The summed E-state index contributed by atoms with van der Waals surface area (Å²) in [7, 11) is 0. The minimum atomic E-state index is 0.748. The van der Waals surface area contributed by atoms with Gasteiger partial charge in [0, 0.05) is 19.1 Å². The molecule has 0 aliphatic carbocycles. The lowest BCUT2D eigenvalue weighted by Gasteiger charge is -2.25. The van der Waals surface area contributed by atoms with E-state index in [0.717, 1.165) is 25.7 Å². The van der Waals surface area contributed by atoms with Crippen LogP contribution in [0.5, 0.6) is 0 Å². The first-order chi connectivity index (χ1) is 6.45. The topological polar surface area (TPSA) is 24.5 Å². The maximum absolute atomic E-state index is 5.45. The molecule has 0 saturated carbocycles. The first kappa shape index (κ1) is 9.44. The molecule has 0 bridgehead atoms. The van der Waals surface area contributed by atoms with Crippen LogP contribution in [-0.2, 0) is 4.84 Å². The van der Waals surface area contributed by atoms with Gasteiger partial charge in [-0.15, -0.1) is 0 Å². The highest BCUT2D eigenvalue weighted by Crippen LogP contribution is 2.12. The first-order valence-electron chi connectivity index (χ1n) is 5.56. The van der Waals surface area contributed by atoms with Crippen molar-refractivity contribution in [1.82, 2.24) is 10.4 Å². The fraction of sp³-hybridized carbons (Fsp3) is 1.00. The van der Waals surface area contributed by atoms with Gasteiger partial charge in [0.2, 0.25) is 0 Å². The van der Waals surface area contributed by atoms with Gasteiger partial charge in [-0.2, -0.15) is 5.06 Å². The summed E-state index contributed by atoms with van der Waals surface area (Å²) in [5.74, 6) is 0. The molecule has 0 aromatic rings. The molecule has 1 N–H and O–H groups in total. The highest BCUT2D eigenvalue weighted by molar-refractivity contribution is 4.73. The molecular weight excluding hydrogens is 164 g/mol. The lowest BCUT2D eigenvalue weighted by atomic mass is 10.0. The Hall–Kier alpha value is -0.120. The molecule has 2 rings (SSSR count). The Labute approximate surface area is 80.4 Å². The average Bonchev–Trinajstić information content (AvgIpc) is 2.69. The van der Waals surface area contributed by atoms with Gasteiger partial charge in [0.05, 0.1) is 6.61 Å². The molecule has 0 radical (unpaired) electrons. The van der Waals surface area contributed by atoms with Crippen LogP contribution in [0.25, 0.3) is 0 Å². The van der Waals surface area contributed by atoms with Crippen LogP contribution in [0.2, 0.25) is 0 Å². The smallest absolute Gasteiger partial charge is 0.0698 e. The van der Waals surface area contributed by atoms with E-state index >= 15 is 0 Å². The lowest BCUT2D eigenvalue weighted by Crippen LogP contribution is -2.36. The van der Waals surface area contributed by atoms with Gasteiger partial charge in [0.1, 0.15) is 0 Å². The van der Waals surface area contributed by atoms with Crippen LogP contribution in [0, 0.1) is 0 Å².